The monoisotopic (exact) mass is 231 g/mol. The van der Waals surface area contributed by atoms with Gasteiger partial charge < -0.3 is 10.2 Å². The van der Waals surface area contributed by atoms with Gasteiger partial charge in [0.25, 0.3) is 0 Å². The van der Waals surface area contributed by atoms with Gasteiger partial charge in [0.2, 0.25) is 0 Å². The van der Waals surface area contributed by atoms with Crippen molar-refractivity contribution >= 4 is 11.5 Å². The molecule has 1 saturated carbocycles. The molecule has 3 nitrogen and oxygen atoms in total. The van der Waals surface area contributed by atoms with Crippen LogP contribution in [-0.4, -0.2) is 24.1 Å². The molecule has 3 rings (SSSR count). The lowest BCUT2D eigenvalue weighted by molar-refractivity contribution is 0.754. The molecule has 1 aliphatic carbocycles. The number of aromatic nitrogens is 1. The summed E-state index contributed by atoms with van der Waals surface area (Å²) in [5.74, 6) is 1.14. The molecule has 1 aliphatic heterocycles. The Morgan fingerprint density at radius 2 is 1.82 bits per heavy atom. The highest BCUT2D eigenvalue weighted by Gasteiger charge is 2.15. The molecule has 0 aromatic carbocycles. The van der Waals surface area contributed by atoms with Gasteiger partial charge in [-0.1, -0.05) is 12.8 Å². The second-order valence-corrected chi connectivity index (χ2v) is 5.22. The summed E-state index contributed by atoms with van der Waals surface area (Å²) < 4.78 is 0. The average molecular weight is 231 g/mol. The van der Waals surface area contributed by atoms with Crippen molar-refractivity contribution < 1.29 is 0 Å². The van der Waals surface area contributed by atoms with Crippen molar-refractivity contribution in [1.82, 2.24) is 4.98 Å². The van der Waals surface area contributed by atoms with E-state index >= 15 is 0 Å². The Morgan fingerprint density at radius 3 is 2.47 bits per heavy atom. The zero-order valence-electron chi connectivity index (χ0n) is 10.4. The lowest BCUT2D eigenvalue weighted by Crippen LogP contribution is -2.19. The minimum Gasteiger partial charge on any atom is -0.381 e. The third-order valence-electron chi connectivity index (χ3n) is 3.90. The van der Waals surface area contributed by atoms with Crippen molar-refractivity contribution in [2.75, 3.05) is 23.3 Å². The summed E-state index contributed by atoms with van der Waals surface area (Å²) in [5, 5.41) is 3.58. The minimum atomic E-state index is 0.675. The minimum absolute atomic E-state index is 0.675. The van der Waals surface area contributed by atoms with Gasteiger partial charge in [-0.15, -0.1) is 0 Å². The van der Waals surface area contributed by atoms with Crippen LogP contribution >= 0.6 is 0 Å². The third-order valence-corrected chi connectivity index (χ3v) is 3.90. The van der Waals surface area contributed by atoms with Crippen LogP contribution in [-0.2, 0) is 0 Å². The molecular formula is C14H21N3. The largest absolute Gasteiger partial charge is 0.381 e. The molecule has 0 unspecified atom stereocenters. The molecule has 2 fully saturated rings. The number of pyridine rings is 1. The van der Waals surface area contributed by atoms with Crippen LogP contribution in [0.1, 0.15) is 38.5 Å². The van der Waals surface area contributed by atoms with Crippen LogP contribution in [0.3, 0.4) is 0 Å². The second-order valence-electron chi connectivity index (χ2n) is 5.22. The first kappa shape index (κ1) is 10.9. The van der Waals surface area contributed by atoms with Gasteiger partial charge in [0, 0.05) is 19.1 Å². The Hall–Kier alpha value is -1.25. The van der Waals surface area contributed by atoms with Crippen molar-refractivity contribution in [3.05, 3.63) is 18.3 Å². The molecule has 0 amide bonds. The summed E-state index contributed by atoms with van der Waals surface area (Å²) in [6, 6.07) is 5.01. The van der Waals surface area contributed by atoms with Gasteiger partial charge in [0.05, 0.1) is 11.9 Å². The van der Waals surface area contributed by atoms with Crippen LogP contribution in [0.25, 0.3) is 0 Å². The van der Waals surface area contributed by atoms with Gasteiger partial charge in [-0.25, -0.2) is 4.98 Å². The number of nitrogens with zero attached hydrogens (tertiary/aromatic N) is 2. The highest BCUT2D eigenvalue weighted by atomic mass is 15.2. The summed E-state index contributed by atoms with van der Waals surface area (Å²) in [4.78, 5) is 6.94. The van der Waals surface area contributed by atoms with E-state index < -0.39 is 0 Å². The molecule has 0 atom stereocenters. The van der Waals surface area contributed by atoms with E-state index in [0.29, 0.717) is 6.04 Å². The Bertz CT molecular complexity index is 348. The van der Waals surface area contributed by atoms with E-state index in [9.17, 15) is 0 Å². The average Bonchev–Trinajstić information content (AvgIpc) is 3.01. The van der Waals surface area contributed by atoms with Crippen LogP contribution in [0.4, 0.5) is 11.5 Å². The van der Waals surface area contributed by atoms with Gasteiger partial charge in [0.15, 0.2) is 0 Å². The quantitative estimate of drug-likeness (QED) is 0.866. The SMILES string of the molecule is c1cc(N2CCCC2)ncc1NC1CCCC1. The predicted octanol–water partition coefficient (Wildman–Crippen LogP) is 3.04. The molecular weight excluding hydrogens is 210 g/mol. The third kappa shape index (κ3) is 2.54. The van der Waals surface area contributed by atoms with Crippen LogP contribution in [0.15, 0.2) is 18.3 Å². The second kappa shape index (κ2) is 4.94. The number of anilines is 2. The smallest absolute Gasteiger partial charge is 0.128 e. The van der Waals surface area contributed by atoms with E-state index in [1.807, 2.05) is 6.20 Å². The Morgan fingerprint density at radius 1 is 1.06 bits per heavy atom. The summed E-state index contributed by atoms with van der Waals surface area (Å²) >= 11 is 0. The Kier molecular flexibility index (Phi) is 3.16. The maximum atomic E-state index is 4.57. The van der Waals surface area contributed by atoms with Crippen LogP contribution < -0.4 is 10.2 Å². The van der Waals surface area contributed by atoms with Crippen LogP contribution in [0, 0.1) is 0 Å². The van der Waals surface area contributed by atoms with Crippen molar-refractivity contribution in [3.63, 3.8) is 0 Å². The Labute approximate surface area is 103 Å². The molecule has 1 aromatic rings. The van der Waals surface area contributed by atoms with E-state index in [1.165, 1.54) is 57.3 Å². The lowest BCUT2D eigenvalue weighted by atomic mass is 10.2. The van der Waals surface area contributed by atoms with Crippen molar-refractivity contribution in [2.45, 2.75) is 44.6 Å². The zero-order chi connectivity index (χ0) is 11.5. The number of rotatable bonds is 3. The molecule has 0 radical (unpaired) electrons. The van der Waals surface area contributed by atoms with E-state index in [1.54, 1.807) is 0 Å². The fourth-order valence-electron chi connectivity index (χ4n) is 2.91. The standard InChI is InChI=1S/C14H21N3/c1-2-6-12(5-1)16-13-7-8-14(15-11-13)17-9-3-4-10-17/h7-8,11-12,16H,1-6,9-10H2. The maximum Gasteiger partial charge on any atom is 0.128 e. The summed E-state index contributed by atoms with van der Waals surface area (Å²) in [5.41, 5.74) is 1.18. The van der Waals surface area contributed by atoms with Gasteiger partial charge in [-0.2, -0.15) is 0 Å². The van der Waals surface area contributed by atoms with Crippen molar-refractivity contribution in [3.8, 4) is 0 Å². The molecule has 1 saturated heterocycles. The molecule has 1 aromatic heterocycles. The molecule has 1 N–H and O–H groups in total. The molecule has 2 heterocycles. The molecule has 0 bridgehead atoms. The molecule has 2 aliphatic rings. The van der Waals surface area contributed by atoms with Crippen LogP contribution in [0.2, 0.25) is 0 Å². The van der Waals surface area contributed by atoms with Crippen molar-refractivity contribution in [1.29, 1.82) is 0 Å². The highest BCUT2D eigenvalue weighted by Crippen LogP contribution is 2.23. The topological polar surface area (TPSA) is 28.2 Å². The van der Waals surface area contributed by atoms with Crippen molar-refractivity contribution in [2.24, 2.45) is 0 Å². The Balaban J connectivity index is 1.62. The first-order valence-corrected chi connectivity index (χ1v) is 6.89. The first-order valence-electron chi connectivity index (χ1n) is 6.89. The lowest BCUT2D eigenvalue weighted by Gasteiger charge is -2.17. The predicted molar refractivity (Wildman–Crippen MR) is 71.6 cm³/mol. The zero-order valence-corrected chi connectivity index (χ0v) is 10.4. The number of nitrogens with one attached hydrogen (secondary N) is 1. The summed E-state index contributed by atoms with van der Waals surface area (Å²) in [6.07, 6.45) is 9.98. The van der Waals surface area contributed by atoms with Gasteiger partial charge in [-0.3, -0.25) is 0 Å². The van der Waals surface area contributed by atoms with Gasteiger partial charge >= 0.3 is 0 Å². The molecule has 17 heavy (non-hydrogen) atoms. The highest BCUT2D eigenvalue weighted by molar-refractivity contribution is 5.49. The van der Waals surface area contributed by atoms with E-state index in [0.717, 1.165) is 5.82 Å². The van der Waals surface area contributed by atoms with E-state index in [2.05, 4.69) is 27.3 Å². The van der Waals surface area contributed by atoms with Crippen LogP contribution in [0.5, 0.6) is 0 Å². The molecule has 3 heteroatoms. The van der Waals surface area contributed by atoms with Gasteiger partial charge in [-0.05, 0) is 37.8 Å². The normalized spacial score (nSPS) is 21.1. The molecule has 92 valence electrons. The van der Waals surface area contributed by atoms with E-state index in [-0.39, 0.29) is 0 Å². The maximum absolute atomic E-state index is 4.57. The number of hydrogen-bond acceptors (Lipinski definition) is 3. The van der Waals surface area contributed by atoms with E-state index in [4.69, 9.17) is 0 Å². The molecule has 0 spiro atoms. The fourth-order valence-corrected chi connectivity index (χ4v) is 2.91. The fraction of sp³-hybridized carbons (Fsp3) is 0.643. The number of hydrogen-bond donors (Lipinski definition) is 1. The first-order chi connectivity index (χ1) is 8.42. The van der Waals surface area contributed by atoms with Gasteiger partial charge in [0.1, 0.15) is 5.82 Å². The summed E-state index contributed by atoms with van der Waals surface area (Å²) in [7, 11) is 0. The summed E-state index contributed by atoms with van der Waals surface area (Å²) in [6.45, 7) is 2.34.